The summed E-state index contributed by atoms with van der Waals surface area (Å²) >= 11 is 0. The number of carboxylic acids is 1. The van der Waals surface area contributed by atoms with E-state index in [0.717, 1.165) is 27.9 Å². The minimum atomic E-state index is -1.17. The number of phenols is 2. The van der Waals surface area contributed by atoms with Gasteiger partial charge in [0, 0.05) is 24.8 Å². The van der Waals surface area contributed by atoms with Gasteiger partial charge >= 0.3 is 5.97 Å². The van der Waals surface area contributed by atoms with Crippen molar-refractivity contribution in [2.75, 3.05) is 5.32 Å². The van der Waals surface area contributed by atoms with Crippen molar-refractivity contribution in [3.05, 3.63) is 77.4 Å². The smallest absolute Gasteiger partial charge is 0.339 e. The monoisotopic (exact) mass is 364 g/mol. The minimum Gasteiger partial charge on any atom is -0.508 e. The average Bonchev–Trinajstić information content (AvgIpc) is 2.65. The Kier molecular flexibility index (Phi) is 5.28. The molecular weight excluding hydrogens is 344 g/mol. The largest absolute Gasteiger partial charge is 0.508 e. The number of aromatic carboxylic acids is 1. The molecule has 0 aliphatic rings. The van der Waals surface area contributed by atoms with Crippen LogP contribution in [0.15, 0.2) is 60.7 Å². The van der Waals surface area contributed by atoms with E-state index in [-0.39, 0.29) is 17.1 Å². The predicted octanol–water partition coefficient (Wildman–Crippen LogP) is 3.53. The molecule has 0 radical (unpaired) electrons. The Bertz CT molecular complexity index is 986. The van der Waals surface area contributed by atoms with Crippen molar-refractivity contribution >= 4 is 11.7 Å². The zero-order valence-corrected chi connectivity index (χ0v) is 14.5. The highest BCUT2D eigenvalue weighted by atomic mass is 16.4. The molecule has 138 valence electrons. The van der Waals surface area contributed by atoms with Crippen molar-refractivity contribution in [2.24, 2.45) is 5.73 Å². The van der Waals surface area contributed by atoms with E-state index in [0.29, 0.717) is 13.1 Å². The Morgan fingerprint density at radius 2 is 1.70 bits per heavy atom. The Hall–Kier alpha value is -3.51. The fraction of sp³-hybridized carbons (Fsp3) is 0.0952. The van der Waals surface area contributed by atoms with Crippen molar-refractivity contribution in [1.29, 1.82) is 0 Å². The molecule has 0 heterocycles. The minimum absolute atomic E-state index is 0.129. The maximum atomic E-state index is 11.0. The second-order valence-corrected chi connectivity index (χ2v) is 6.18. The summed E-state index contributed by atoms with van der Waals surface area (Å²) in [5.41, 5.74) is 9.68. The van der Waals surface area contributed by atoms with Crippen LogP contribution in [0.4, 0.5) is 5.69 Å². The Morgan fingerprint density at radius 1 is 0.926 bits per heavy atom. The van der Waals surface area contributed by atoms with Crippen molar-refractivity contribution in [2.45, 2.75) is 13.1 Å². The Morgan fingerprint density at radius 3 is 2.41 bits per heavy atom. The van der Waals surface area contributed by atoms with E-state index in [1.807, 2.05) is 30.3 Å². The van der Waals surface area contributed by atoms with Crippen LogP contribution in [-0.2, 0) is 13.1 Å². The number of rotatable bonds is 6. The number of carbonyl (C=O) groups is 1. The molecule has 0 atom stereocenters. The molecule has 0 saturated heterocycles. The fourth-order valence-corrected chi connectivity index (χ4v) is 2.85. The topological polar surface area (TPSA) is 116 Å². The Labute approximate surface area is 156 Å². The molecule has 3 aromatic rings. The van der Waals surface area contributed by atoms with Crippen LogP contribution in [0.25, 0.3) is 11.1 Å². The van der Waals surface area contributed by atoms with E-state index in [2.05, 4.69) is 5.32 Å². The maximum Gasteiger partial charge on any atom is 0.339 e. The van der Waals surface area contributed by atoms with Crippen LogP contribution in [0.2, 0.25) is 0 Å². The van der Waals surface area contributed by atoms with Crippen molar-refractivity contribution in [3.8, 4) is 22.6 Å². The number of nitrogens with two attached hydrogens (primary N) is 1. The van der Waals surface area contributed by atoms with Crippen molar-refractivity contribution in [1.82, 2.24) is 0 Å². The molecule has 0 spiro atoms. The van der Waals surface area contributed by atoms with E-state index in [1.165, 1.54) is 12.1 Å². The molecule has 3 aromatic carbocycles. The normalized spacial score (nSPS) is 10.6. The van der Waals surface area contributed by atoms with Gasteiger partial charge in [0.05, 0.1) is 0 Å². The van der Waals surface area contributed by atoms with Crippen LogP contribution >= 0.6 is 0 Å². The summed E-state index contributed by atoms with van der Waals surface area (Å²) in [7, 11) is 0. The zero-order valence-electron chi connectivity index (χ0n) is 14.5. The van der Waals surface area contributed by atoms with Gasteiger partial charge in [-0.3, -0.25) is 0 Å². The molecule has 0 unspecified atom stereocenters. The molecule has 3 rings (SSSR count). The SMILES string of the molecule is NCc1cc(O)cc(NCc2cccc(-c3ccc(C(=O)O)c(O)c3)c2)c1. The van der Waals surface area contributed by atoms with E-state index in [4.69, 9.17) is 10.8 Å². The average molecular weight is 364 g/mol. The van der Waals surface area contributed by atoms with E-state index in [1.54, 1.807) is 18.2 Å². The van der Waals surface area contributed by atoms with Crippen molar-refractivity contribution < 1.29 is 20.1 Å². The third-order valence-electron chi connectivity index (χ3n) is 4.20. The van der Waals surface area contributed by atoms with Gasteiger partial charge in [0.1, 0.15) is 17.1 Å². The number of benzene rings is 3. The summed E-state index contributed by atoms with van der Waals surface area (Å²) in [6.45, 7) is 0.870. The summed E-state index contributed by atoms with van der Waals surface area (Å²) in [6, 6.07) is 17.3. The molecule has 0 fully saturated rings. The highest BCUT2D eigenvalue weighted by Crippen LogP contribution is 2.27. The number of aromatic hydroxyl groups is 2. The molecule has 27 heavy (non-hydrogen) atoms. The van der Waals surface area contributed by atoms with Gasteiger partial charge in [-0.05, 0) is 52.6 Å². The number of hydrogen-bond donors (Lipinski definition) is 5. The van der Waals surface area contributed by atoms with E-state index < -0.39 is 5.97 Å². The van der Waals surface area contributed by atoms with Crippen LogP contribution < -0.4 is 11.1 Å². The van der Waals surface area contributed by atoms with Gasteiger partial charge < -0.3 is 26.4 Å². The zero-order chi connectivity index (χ0) is 19.4. The lowest BCUT2D eigenvalue weighted by molar-refractivity contribution is 0.0694. The molecule has 0 aromatic heterocycles. The standard InChI is InChI=1S/C21H20N2O4/c22-11-14-7-17(10-18(24)8-14)23-12-13-2-1-3-15(6-13)16-4-5-19(21(26)27)20(25)9-16/h1-10,23-25H,11-12,22H2,(H,26,27). The first-order valence-electron chi connectivity index (χ1n) is 8.39. The van der Waals surface area contributed by atoms with Gasteiger partial charge in [0.2, 0.25) is 0 Å². The molecule has 0 amide bonds. The molecule has 6 nitrogen and oxygen atoms in total. The molecule has 0 bridgehead atoms. The number of carboxylic acid groups (broad SMARTS) is 1. The third-order valence-corrected chi connectivity index (χ3v) is 4.20. The first-order chi connectivity index (χ1) is 13.0. The third kappa shape index (κ3) is 4.37. The molecule has 0 aliphatic carbocycles. The first kappa shape index (κ1) is 18.3. The lowest BCUT2D eigenvalue weighted by Crippen LogP contribution is -2.02. The molecule has 0 saturated carbocycles. The highest BCUT2D eigenvalue weighted by molar-refractivity contribution is 5.91. The molecule has 6 heteroatoms. The van der Waals surface area contributed by atoms with Crippen LogP contribution in [0.1, 0.15) is 21.5 Å². The summed E-state index contributed by atoms with van der Waals surface area (Å²) in [5.74, 6) is -1.28. The molecule has 0 aliphatic heterocycles. The lowest BCUT2D eigenvalue weighted by Gasteiger charge is -2.11. The van der Waals surface area contributed by atoms with Gasteiger partial charge in [-0.1, -0.05) is 24.3 Å². The number of nitrogens with one attached hydrogen (secondary N) is 1. The molecule has 6 N–H and O–H groups in total. The van der Waals surface area contributed by atoms with Gasteiger partial charge in [0.25, 0.3) is 0 Å². The summed E-state index contributed by atoms with van der Waals surface area (Å²) in [6.07, 6.45) is 0. The van der Waals surface area contributed by atoms with E-state index in [9.17, 15) is 15.0 Å². The number of hydrogen-bond acceptors (Lipinski definition) is 5. The Balaban J connectivity index is 1.79. The van der Waals surface area contributed by atoms with E-state index >= 15 is 0 Å². The fourth-order valence-electron chi connectivity index (χ4n) is 2.85. The number of anilines is 1. The van der Waals surface area contributed by atoms with Crippen LogP contribution in [0.3, 0.4) is 0 Å². The second kappa shape index (κ2) is 7.80. The summed E-state index contributed by atoms with van der Waals surface area (Å²) in [4.78, 5) is 11.0. The quantitative estimate of drug-likeness (QED) is 0.457. The highest BCUT2D eigenvalue weighted by Gasteiger charge is 2.10. The first-order valence-corrected chi connectivity index (χ1v) is 8.39. The van der Waals surface area contributed by atoms with Gasteiger partial charge in [-0.25, -0.2) is 4.79 Å². The van der Waals surface area contributed by atoms with Crippen LogP contribution in [-0.4, -0.2) is 21.3 Å². The summed E-state index contributed by atoms with van der Waals surface area (Å²) < 4.78 is 0. The lowest BCUT2D eigenvalue weighted by atomic mass is 10.0. The summed E-state index contributed by atoms with van der Waals surface area (Å²) in [5, 5.41) is 31.9. The van der Waals surface area contributed by atoms with Gasteiger partial charge in [-0.15, -0.1) is 0 Å². The molecular formula is C21H20N2O4. The van der Waals surface area contributed by atoms with Crippen molar-refractivity contribution in [3.63, 3.8) is 0 Å². The maximum absolute atomic E-state index is 11.0. The van der Waals surface area contributed by atoms with Crippen LogP contribution in [0.5, 0.6) is 11.5 Å². The van der Waals surface area contributed by atoms with Gasteiger partial charge in [-0.2, -0.15) is 0 Å². The van der Waals surface area contributed by atoms with Gasteiger partial charge in [0.15, 0.2) is 0 Å². The predicted molar refractivity (Wildman–Crippen MR) is 104 cm³/mol. The number of phenolic OH excluding ortho intramolecular Hbond substituents is 1. The van der Waals surface area contributed by atoms with Crippen LogP contribution in [0, 0.1) is 0 Å². The second-order valence-electron chi connectivity index (χ2n) is 6.18.